The Bertz CT molecular complexity index is 1080. The number of hydrogen-bond acceptors (Lipinski definition) is 6. The zero-order chi connectivity index (χ0) is 22.7. The van der Waals surface area contributed by atoms with Crippen LogP contribution in [0.1, 0.15) is 12.0 Å². The summed E-state index contributed by atoms with van der Waals surface area (Å²) in [6.45, 7) is 1.41. The van der Waals surface area contributed by atoms with Crippen LogP contribution >= 0.6 is 11.6 Å². The third kappa shape index (κ3) is 5.41. The minimum Gasteiger partial charge on any atom is -0.420 e. The quantitative estimate of drug-likeness (QED) is 0.497. The van der Waals surface area contributed by atoms with Crippen molar-refractivity contribution in [2.45, 2.75) is 24.6 Å². The number of aromatic nitrogens is 2. The third-order valence-electron chi connectivity index (χ3n) is 5.03. The zero-order valence-electron chi connectivity index (χ0n) is 16.8. The van der Waals surface area contributed by atoms with Gasteiger partial charge in [-0.2, -0.15) is 0 Å². The summed E-state index contributed by atoms with van der Waals surface area (Å²) in [5, 5.41) is 13.1. The number of β-amino-alcohol motifs (C(OH)–C–C–N with tert-alkyl or cyclic N) is 1. The summed E-state index contributed by atoms with van der Waals surface area (Å²) < 4.78 is 44.3. The fraction of sp³-hybridized carbons (Fsp3) is 0.273. The van der Waals surface area contributed by atoms with Gasteiger partial charge in [0.05, 0.1) is 6.10 Å². The molecule has 2 N–H and O–H groups in total. The maximum atomic E-state index is 14.5. The van der Waals surface area contributed by atoms with Gasteiger partial charge in [-0.15, -0.1) is 8.78 Å². The molecule has 0 aliphatic carbocycles. The summed E-state index contributed by atoms with van der Waals surface area (Å²) in [5.74, 6) is 0.101. The van der Waals surface area contributed by atoms with Crippen molar-refractivity contribution < 1.29 is 23.0 Å². The monoisotopic (exact) mass is 464 g/mol. The number of nitrogens with one attached hydrogen (secondary N) is 1. The van der Waals surface area contributed by atoms with Gasteiger partial charge in [0.2, 0.25) is 0 Å². The van der Waals surface area contributed by atoms with E-state index in [0.29, 0.717) is 48.7 Å². The maximum Gasteiger partial charge on any atom is 0.487 e. The molecule has 0 spiro atoms. The topological polar surface area (TPSA) is 70.5 Å². The van der Waals surface area contributed by atoms with E-state index in [1.807, 2.05) is 11.0 Å². The second-order valence-electron chi connectivity index (χ2n) is 7.38. The molecule has 1 atom stereocenters. The van der Waals surface area contributed by atoms with Gasteiger partial charge in [-0.25, -0.2) is 9.37 Å². The lowest BCUT2D eigenvalue weighted by molar-refractivity contribution is -0.0964. The minimum atomic E-state index is -3.77. The molecule has 0 radical (unpaired) electrons. The number of rotatable bonds is 7. The molecule has 0 amide bonds. The minimum absolute atomic E-state index is 0.0660. The van der Waals surface area contributed by atoms with E-state index >= 15 is 0 Å². The smallest absolute Gasteiger partial charge is 0.420 e. The van der Waals surface area contributed by atoms with Crippen LogP contribution in [0.5, 0.6) is 5.75 Å². The van der Waals surface area contributed by atoms with Gasteiger partial charge in [0, 0.05) is 66.6 Å². The lowest BCUT2D eigenvalue weighted by Crippen LogP contribution is -2.23. The highest BCUT2D eigenvalue weighted by molar-refractivity contribution is 6.20. The second kappa shape index (κ2) is 9.22. The Morgan fingerprint density at radius 1 is 1.19 bits per heavy atom. The van der Waals surface area contributed by atoms with E-state index in [1.54, 1.807) is 18.3 Å². The zero-order valence-corrected chi connectivity index (χ0v) is 17.6. The summed E-state index contributed by atoms with van der Waals surface area (Å²) in [6, 6.07) is 9.01. The van der Waals surface area contributed by atoms with Gasteiger partial charge >= 0.3 is 5.57 Å². The molecule has 3 heterocycles. The number of benzene rings is 1. The van der Waals surface area contributed by atoms with Crippen molar-refractivity contribution in [1.29, 1.82) is 0 Å². The van der Waals surface area contributed by atoms with Crippen molar-refractivity contribution in [2.75, 3.05) is 23.3 Å². The fourth-order valence-corrected chi connectivity index (χ4v) is 3.63. The molecule has 10 heteroatoms. The number of hydrogen-bond donors (Lipinski definition) is 2. The first-order valence-corrected chi connectivity index (χ1v) is 10.3. The van der Waals surface area contributed by atoms with Crippen LogP contribution in [-0.4, -0.2) is 39.8 Å². The van der Waals surface area contributed by atoms with E-state index in [4.69, 9.17) is 11.6 Å². The van der Waals surface area contributed by atoms with Crippen molar-refractivity contribution in [3.8, 4) is 16.9 Å². The maximum absolute atomic E-state index is 14.5. The molecule has 1 saturated heterocycles. The molecule has 1 aromatic carbocycles. The van der Waals surface area contributed by atoms with E-state index in [1.165, 1.54) is 30.6 Å². The molecule has 0 bridgehead atoms. The Morgan fingerprint density at radius 2 is 1.97 bits per heavy atom. The molecule has 1 unspecified atom stereocenters. The van der Waals surface area contributed by atoms with Crippen LogP contribution in [0.3, 0.4) is 0 Å². The lowest BCUT2D eigenvalue weighted by atomic mass is 10.1. The van der Waals surface area contributed by atoms with E-state index in [-0.39, 0.29) is 5.75 Å². The highest BCUT2D eigenvalue weighted by atomic mass is 35.5. The molecule has 1 aliphatic rings. The van der Waals surface area contributed by atoms with E-state index < -0.39 is 17.5 Å². The van der Waals surface area contributed by atoms with E-state index in [0.717, 1.165) is 5.56 Å². The van der Waals surface area contributed by atoms with Gasteiger partial charge in [-0.1, -0.05) is 0 Å². The first-order valence-electron chi connectivity index (χ1n) is 9.90. The second-order valence-corrected chi connectivity index (χ2v) is 7.82. The first kappa shape index (κ1) is 22.2. The number of anilines is 2. The number of pyridine rings is 2. The van der Waals surface area contributed by atoms with Gasteiger partial charge in [-0.3, -0.25) is 4.98 Å². The van der Waals surface area contributed by atoms with Gasteiger partial charge in [-0.05, 0) is 48.4 Å². The predicted molar refractivity (Wildman–Crippen MR) is 115 cm³/mol. The van der Waals surface area contributed by atoms with Crippen LogP contribution in [0.25, 0.3) is 11.1 Å². The Balaban J connectivity index is 1.55. The number of halogens is 4. The van der Waals surface area contributed by atoms with E-state index in [9.17, 15) is 18.3 Å². The molecule has 1 aliphatic heterocycles. The molecule has 6 nitrogen and oxygen atoms in total. The third-order valence-corrected chi connectivity index (χ3v) is 5.11. The van der Waals surface area contributed by atoms with Crippen LogP contribution in [0.15, 0.2) is 55.0 Å². The number of aliphatic hydroxyl groups is 1. The molecule has 32 heavy (non-hydrogen) atoms. The van der Waals surface area contributed by atoms with Crippen molar-refractivity contribution >= 4 is 23.1 Å². The lowest BCUT2D eigenvalue weighted by Gasteiger charge is -2.21. The summed E-state index contributed by atoms with van der Waals surface area (Å²) in [4.78, 5) is 10.5. The predicted octanol–water partition coefficient (Wildman–Crippen LogP) is 4.63. The van der Waals surface area contributed by atoms with E-state index in [2.05, 4.69) is 20.0 Å². The molecule has 3 aromatic rings. The highest BCUT2D eigenvalue weighted by Gasteiger charge is 2.27. The van der Waals surface area contributed by atoms with Crippen LogP contribution in [0.4, 0.5) is 24.7 Å². The average molecular weight is 465 g/mol. The summed E-state index contributed by atoms with van der Waals surface area (Å²) in [6.07, 6.45) is 4.68. The van der Waals surface area contributed by atoms with Gasteiger partial charge in [0.15, 0.2) is 0 Å². The number of nitrogens with zero attached hydrogens (tertiary/aromatic N) is 3. The van der Waals surface area contributed by atoms with Gasteiger partial charge in [0.25, 0.3) is 0 Å². The molecule has 2 aromatic heterocycles. The van der Waals surface area contributed by atoms with Crippen LogP contribution < -0.4 is 15.0 Å². The first-order chi connectivity index (χ1) is 15.3. The molecule has 1 fully saturated rings. The summed E-state index contributed by atoms with van der Waals surface area (Å²) >= 11 is 4.77. The Morgan fingerprint density at radius 3 is 2.62 bits per heavy atom. The highest BCUT2D eigenvalue weighted by Crippen LogP contribution is 2.33. The largest absolute Gasteiger partial charge is 0.487 e. The van der Waals surface area contributed by atoms with Crippen LogP contribution in [0.2, 0.25) is 0 Å². The van der Waals surface area contributed by atoms with Crippen molar-refractivity contribution in [2.24, 2.45) is 0 Å². The summed E-state index contributed by atoms with van der Waals surface area (Å²) in [5.41, 5.74) is -1.43. The SMILES string of the molecule is OC1CCN(c2ncc(CNc3ccc(OC(F)(F)Cl)cc3)cc2-c2cnccc2F)C1. The summed E-state index contributed by atoms with van der Waals surface area (Å²) in [7, 11) is 0. The number of aliphatic hydroxyl groups excluding tert-OH is 1. The van der Waals surface area contributed by atoms with Gasteiger partial charge in [0.1, 0.15) is 17.4 Å². The van der Waals surface area contributed by atoms with Crippen molar-refractivity contribution in [1.82, 2.24) is 9.97 Å². The molecule has 0 saturated carbocycles. The van der Waals surface area contributed by atoms with Crippen LogP contribution in [0, 0.1) is 5.82 Å². The molecular formula is C22H20ClF3N4O2. The normalized spacial score (nSPS) is 16.3. The Labute approximate surface area is 187 Å². The molecular weight excluding hydrogens is 445 g/mol. The molecule has 4 rings (SSSR count). The Hall–Kier alpha value is -3.04. The fourth-order valence-electron chi connectivity index (χ4n) is 3.54. The average Bonchev–Trinajstić information content (AvgIpc) is 3.18. The van der Waals surface area contributed by atoms with Crippen molar-refractivity contribution in [3.63, 3.8) is 0 Å². The van der Waals surface area contributed by atoms with Gasteiger partial charge < -0.3 is 20.1 Å². The van der Waals surface area contributed by atoms with Crippen molar-refractivity contribution in [3.05, 3.63) is 66.4 Å². The standard InChI is InChI=1S/C22H20ClF3N4O2/c23-22(25,26)32-17-3-1-15(2-4-17)28-10-14-9-18(19-12-27-7-5-20(19)24)21(29-11-14)30-8-6-16(31)13-30/h1-5,7,9,11-12,16,28,31H,6,8,10,13H2. The molecule has 168 valence electrons. The number of alkyl halides is 3. The number of ether oxygens (including phenoxy) is 1. The Kier molecular flexibility index (Phi) is 6.38. The van der Waals surface area contributed by atoms with Crippen LogP contribution in [-0.2, 0) is 6.54 Å².